The smallest absolute Gasteiger partial charge is 0.246 e. The minimum absolute atomic E-state index is 0.0620. The van der Waals surface area contributed by atoms with E-state index in [1.807, 2.05) is 0 Å². The van der Waals surface area contributed by atoms with Gasteiger partial charge in [-0.3, -0.25) is 4.57 Å². The number of imidazole rings is 1. The SMILES string of the molecule is COc1nc(N)nc2c1ncn2COC(CO)CO. The van der Waals surface area contributed by atoms with Crippen LogP contribution in [-0.4, -0.2) is 56.2 Å². The summed E-state index contributed by atoms with van der Waals surface area (Å²) in [5, 5.41) is 17.8. The van der Waals surface area contributed by atoms with E-state index in [9.17, 15) is 0 Å². The minimum atomic E-state index is -0.654. The number of aromatic nitrogens is 4. The zero-order chi connectivity index (χ0) is 13.8. The Kier molecular flexibility index (Phi) is 4.10. The highest BCUT2D eigenvalue weighted by Gasteiger charge is 2.14. The Balaban J connectivity index is 2.27. The molecule has 0 bridgehead atoms. The Morgan fingerprint density at radius 2 is 2.11 bits per heavy atom. The van der Waals surface area contributed by atoms with Gasteiger partial charge in [-0.2, -0.15) is 9.97 Å². The Morgan fingerprint density at radius 3 is 2.74 bits per heavy atom. The van der Waals surface area contributed by atoms with Gasteiger partial charge in [0.2, 0.25) is 11.8 Å². The molecule has 2 rings (SSSR count). The molecule has 0 unspecified atom stereocenters. The standard InChI is InChI=1S/C10H15N5O4/c1-18-9-7-8(13-10(11)14-9)15(4-12-7)5-19-6(2-16)3-17/h4,6,16-17H,2-3,5H2,1H3,(H2,11,13,14). The number of nitrogens with zero attached hydrogens (tertiary/aromatic N) is 4. The van der Waals surface area contributed by atoms with Gasteiger partial charge >= 0.3 is 0 Å². The van der Waals surface area contributed by atoms with Gasteiger partial charge in [-0.25, -0.2) is 4.98 Å². The lowest BCUT2D eigenvalue weighted by molar-refractivity contribution is -0.0488. The molecule has 2 aromatic rings. The maximum Gasteiger partial charge on any atom is 0.246 e. The van der Waals surface area contributed by atoms with E-state index in [0.29, 0.717) is 11.2 Å². The molecule has 0 aromatic carbocycles. The van der Waals surface area contributed by atoms with Crippen LogP contribution in [0.4, 0.5) is 5.95 Å². The van der Waals surface area contributed by atoms with Crippen molar-refractivity contribution in [3.63, 3.8) is 0 Å². The van der Waals surface area contributed by atoms with E-state index in [-0.39, 0.29) is 31.8 Å². The van der Waals surface area contributed by atoms with Crippen molar-refractivity contribution < 1.29 is 19.7 Å². The molecule has 0 aliphatic heterocycles. The third-order valence-electron chi connectivity index (χ3n) is 2.50. The van der Waals surface area contributed by atoms with E-state index in [0.717, 1.165) is 0 Å². The number of aliphatic hydroxyl groups is 2. The molecule has 0 aliphatic rings. The van der Waals surface area contributed by atoms with Crippen LogP contribution in [0.15, 0.2) is 6.33 Å². The number of nitrogen functional groups attached to an aromatic ring is 1. The van der Waals surface area contributed by atoms with Crippen LogP contribution in [0.2, 0.25) is 0 Å². The van der Waals surface area contributed by atoms with Crippen LogP contribution in [-0.2, 0) is 11.5 Å². The fourth-order valence-corrected chi connectivity index (χ4v) is 1.52. The number of aliphatic hydroxyl groups excluding tert-OH is 2. The lowest BCUT2D eigenvalue weighted by Crippen LogP contribution is -2.23. The molecule has 9 nitrogen and oxygen atoms in total. The Hall–Kier alpha value is -1.97. The predicted molar refractivity (Wildman–Crippen MR) is 65.3 cm³/mol. The van der Waals surface area contributed by atoms with Crippen LogP contribution in [0.1, 0.15) is 0 Å². The van der Waals surface area contributed by atoms with E-state index in [2.05, 4.69) is 15.0 Å². The van der Waals surface area contributed by atoms with Crippen molar-refractivity contribution in [3.05, 3.63) is 6.33 Å². The van der Waals surface area contributed by atoms with Crippen LogP contribution in [0.25, 0.3) is 11.2 Å². The Bertz CT molecular complexity index is 554. The normalized spacial score (nSPS) is 11.4. The van der Waals surface area contributed by atoms with E-state index in [4.69, 9.17) is 25.4 Å². The fraction of sp³-hybridized carbons (Fsp3) is 0.500. The highest BCUT2D eigenvalue weighted by Crippen LogP contribution is 2.21. The Morgan fingerprint density at radius 1 is 1.37 bits per heavy atom. The number of ether oxygens (including phenoxy) is 2. The maximum atomic E-state index is 8.92. The van der Waals surface area contributed by atoms with Crippen molar-refractivity contribution in [2.75, 3.05) is 26.1 Å². The van der Waals surface area contributed by atoms with E-state index in [1.54, 1.807) is 4.57 Å². The topological polar surface area (TPSA) is 129 Å². The molecular weight excluding hydrogens is 254 g/mol. The summed E-state index contributed by atoms with van der Waals surface area (Å²) in [4.78, 5) is 12.1. The molecule has 0 atom stereocenters. The number of anilines is 1. The first-order valence-electron chi connectivity index (χ1n) is 5.55. The lowest BCUT2D eigenvalue weighted by atomic mass is 10.4. The van der Waals surface area contributed by atoms with Gasteiger partial charge in [-0.1, -0.05) is 0 Å². The van der Waals surface area contributed by atoms with Gasteiger partial charge in [0.1, 0.15) is 12.8 Å². The van der Waals surface area contributed by atoms with Gasteiger partial charge in [0.25, 0.3) is 0 Å². The molecule has 0 aliphatic carbocycles. The number of fused-ring (bicyclic) bond motifs is 1. The second-order valence-corrected chi connectivity index (χ2v) is 3.76. The van der Waals surface area contributed by atoms with Crippen LogP contribution in [0.3, 0.4) is 0 Å². The van der Waals surface area contributed by atoms with Crippen LogP contribution < -0.4 is 10.5 Å². The molecule has 2 aromatic heterocycles. The zero-order valence-corrected chi connectivity index (χ0v) is 10.4. The average Bonchev–Trinajstić information content (AvgIpc) is 2.82. The summed E-state index contributed by atoms with van der Waals surface area (Å²) in [5.41, 5.74) is 6.49. The molecule has 0 radical (unpaired) electrons. The van der Waals surface area contributed by atoms with Gasteiger partial charge < -0.3 is 25.4 Å². The minimum Gasteiger partial charge on any atom is -0.479 e. The van der Waals surface area contributed by atoms with Crippen molar-refractivity contribution in [1.29, 1.82) is 0 Å². The molecule has 0 saturated carbocycles. The molecule has 0 amide bonds. The van der Waals surface area contributed by atoms with Gasteiger partial charge in [0, 0.05) is 0 Å². The summed E-state index contributed by atoms with van der Waals surface area (Å²) in [6.07, 6.45) is 0.839. The molecule has 4 N–H and O–H groups in total. The first-order valence-corrected chi connectivity index (χ1v) is 5.55. The summed E-state index contributed by atoms with van der Waals surface area (Å²) in [6.45, 7) is -0.477. The molecule has 0 spiro atoms. The molecule has 0 fully saturated rings. The van der Waals surface area contributed by atoms with Crippen molar-refractivity contribution in [3.8, 4) is 5.88 Å². The Labute approximate surface area is 108 Å². The molecule has 104 valence electrons. The van der Waals surface area contributed by atoms with E-state index < -0.39 is 6.10 Å². The third-order valence-corrected chi connectivity index (χ3v) is 2.50. The summed E-state index contributed by atoms with van der Waals surface area (Å²) >= 11 is 0. The molecule has 9 heteroatoms. The first-order chi connectivity index (χ1) is 9.19. The average molecular weight is 269 g/mol. The van der Waals surface area contributed by atoms with E-state index >= 15 is 0 Å². The van der Waals surface area contributed by atoms with E-state index in [1.165, 1.54) is 13.4 Å². The summed E-state index contributed by atoms with van der Waals surface area (Å²) in [5.74, 6) is 0.342. The van der Waals surface area contributed by atoms with Crippen molar-refractivity contribution in [2.24, 2.45) is 0 Å². The largest absolute Gasteiger partial charge is 0.479 e. The van der Waals surface area contributed by atoms with Crippen molar-refractivity contribution >= 4 is 17.1 Å². The van der Waals surface area contributed by atoms with Crippen LogP contribution >= 0.6 is 0 Å². The summed E-state index contributed by atoms with van der Waals surface area (Å²) in [6, 6.07) is 0. The highest BCUT2D eigenvalue weighted by atomic mass is 16.5. The zero-order valence-electron chi connectivity index (χ0n) is 10.4. The van der Waals surface area contributed by atoms with Gasteiger partial charge in [-0.05, 0) is 0 Å². The second-order valence-electron chi connectivity index (χ2n) is 3.76. The van der Waals surface area contributed by atoms with Gasteiger partial charge in [-0.15, -0.1) is 0 Å². The van der Waals surface area contributed by atoms with Gasteiger partial charge in [0.05, 0.1) is 26.7 Å². The number of hydrogen-bond donors (Lipinski definition) is 3. The van der Waals surface area contributed by atoms with Crippen molar-refractivity contribution in [2.45, 2.75) is 12.8 Å². The molecule has 2 heterocycles. The quantitative estimate of drug-likeness (QED) is 0.593. The monoisotopic (exact) mass is 269 g/mol. The predicted octanol–water partition coefficient (Wildman–Crippen LogP) is -1.26. The molecule has 0 saturated heterocycles. The summed E-state index contributed by atoms with van der Waals surface area (Å²) in [7, 11) is 1.46. The number of nitrogens with two attached hydrogens (primary N) is 1. The second kappa shape index (κ2) is 5.78. The maximum absolute atomic E-state index is 8.92. The third kappa shape index (κ3) is 2.72. The fourth-order valence-electron chi connectivity index (χ4n) is 1.52. The summed E-state index contributed by atoms with van der Waals surface area (Å²) < 4.78 is 11.9. The van der Waals surface area contributed by atoms with Gasteiger partial charge in [0.15, 0.2) is 11.2 Å². The highest BCUT2D eigenvalue weighted by molar-refractivity contribution is 5.77. The molecular formula is C10H15N5O4. The lowest BCUT2D eigenvalue weighted by Gasteiger charge is -2.13. The van der Waals surface area contributed by atoms with Crippen molar-refractivity contribution in [1.82, 2.24) is 19.5 Å². The number of hydrogen-bond acceptors (Lipinski definition) is 8. The number of methoxy groups -OCH3 is 1. The van der Waals surface area contributed by atoms with Crippen LogP contribution in [0.5, 0.6) is 5.88 Å². The first kappa shape index (κ1) is 13.5. The number of rotatable bonds is 6. The van der Waals surface area contributed by atoms with Crippen LogP contribution in [0, 0.1) is 0 Å². The molecule has 19 heavy (non-hydrogen) atoms.